The second kappa shape index (κ2) is 6.17. The monoisotopic (exact) mass is 411 g/mol. The van der Waals surface area contributed by atoms with Gasteiger partial charge in [-0.1, -0.05) is 13.8 Å². The molecule has 0 radical (unpaired) electrons. The number of carbonyl (C=O) groups excluding carboxylic acids is 2. The normalized spacial score (nSPS) is 14.2. The summed E-state index contributed by atoms with van der Waals surface area (Å²) in [6.45, 7) is 4.08. The number of rotatable bonds is 5. The molecule has 3 rings (SSSR count). The summed E-state index contributed by atoms with van der Waals surface area (Å²) >= 11 is 3.22. The summed E-state index contributed by atoms with van der Waals surface area (Å²) in [5.74, 6) is -2.02. The third kappa shape index (κ3) is 3.01. The molecule has 0 saturated heterocycles. The first-order valence-corrected chi connectivity index (χ1v) is 8.66. The Hall–Kier alpha value is -2.36. The van der Waals surface area contributed by atoms with Crippen molar-refractivity contribution < 1.29 is 14.7 Å². The topological polar surface area (TPSA) is 132 Å². The van der Waals surface area contributed by atoms with Gasteiger partial charge in [-0.2, -0.15) is 9.61 Å². The Kier molecular flexibility index (Phi) is 4.31. The van der Waals surface area contributed by atoms with Gasteiger partial charge < -0.3 is 16.2 Å². The smallest absolute Gasteiger partial charge is 0.270 e. The zero-order valence-corrected chi connectivity index (χ0v) is 15.3. The van der Waals surface area contributed by atoms with Crippen LogP contribution in [0.3, 0.4) is 0 Å². The van der Waals surface area contributed by atoms with Gasteiger partial charge in [-0.05, 0) is 34.7 Å². The number of amides is 2. The van der Waals surface area contributed by atoms with Crippen molar-refractivity contribution in [3.63, 3.8) is 0 Å². The van der Waals surface area contributed by atoms with Gasteiger partial charge >= 0.3 is 0 Å². The van der Waals surface area contributed by atoms with Crippen LogP contribution in [0.5, 0.6) is 5.88 Å². The van der Waals surface area contributed by atoms with Crippen LogP contribution in [-0.4, -0.2) is 37.1 Å². The fraction of sp³-hybridized carbons (Fsp3) is 0.467. The van der Waals surface area contributed by atoms with Gasteiger partial charge in [0.2, 0.25) is 5.88 Å². The average molecular weight is 412 g/mol. The van der Waals surface area contributed by atoms with Gasteiger partial charge in [0.25, 0.3) is 17.4 Å². The Morgan fingerprint density at radius 3 is 2.60 bits per heavy atom. The minimum absolute atomic E-state index is 0.0195. The number of nitrogens with zero attached hydrogens (tertiary/aromatic N) is 3. The van der Waals surface area contributed by atoms with Gasteiger partial charge in [-0.3, -0.25) is 19.0 Å². The van der Waals surface area contributed by atoms with Crippen LogP contribution in [0, 0.1) is 5.92 Å². The lowest BCUT2D eigenvalue weighted by Gasteiger charge is -2.14. The van der Waals surface area contributed by atoms with Crippen LogP contribution >= 0.6 is 15.9 Å². The molecule has 0 bridgehead atoms. The van der Waals surface area contributed by atoms with Crippen molar-refractivity contribution in [3.8, 4) is 5.88 Å². The highest BCUT2D eigenvalue weighted by Crippen LogP contribution is 2.27. The SMILES string of the molecule is CC(C)Cn1c(=O)c(C(=O)NC2CC2)c(O)n2nc(C(N)=O)c(Br)c12. The van der Waals surface area contributed by atoms with Crippen LogP contribution in [0.15, 0.2) is 9.27 Å². The Morgan fingerprint density at radius 1 is 1.44 bits per heavy atom. The molecule has 0 spiro atoms. The molecule has 134 valence electrons. The predicted octanol–water partition coefficient (Wildman–Crippen LogP) is 0.611. The molecule has 2 heterocycles. The fourth-order valence-electron chi connectivity index (χ4n) is 2.58. The molecule has 1 aliphatic carbocycles. The van der Waals surface area contributed by atoms with E-state index in [9.17, 15) is 19.5 Å². The van der Waals surface area contributed by atoms with E-state index < -0.39 is 28.8 Å². The van der Waals surface area contributed by atoms with E-state index in [2.05, 4.69) is 26.3 Å². The van der Waals surface area contributed by atoms with Gasteiger partial charge in [0.05, 0.1) is 4.47 Å². The van der Waals surface area contributed by atoms with E-state index >= 15 is 0 Å². The lowest BCUT2D eigenvalue weighted by Crippen LogP contribution is -2.36. The molecule has 0 aromatic carbocycles. The molecule has 10 heteroatoms. The number of nitrogens with one attached hydrogen (secondary N) is 1. The number of hydrogen-bond donors (Lipinski definition) is 3. The van der Waals surface area contributed by atoms with Crippen molar-refractivity contribution in [2.24, 2.45) is 11.7 Å². The third-order valence-electron chi connectivity index (χ3n) is 3.86. The number of hydrogen-bond acceptors (Lipinski definition) is 5. The van der Waals surface area contributed by atoms with Crippen molar-refractivity contribution >= 4 is 33.4 Å². The first kappa shape index (κ1) is 17.5. The molecule has 0 atom stereocenters. The Labute approximate surface area is 150 Å². The molecular weight excluding hydrogens is 394 g/mol. The lowest BCUT2D eigenvalue weighted by atomic mass is 10.2. The number of fused-ring (bicyclic) bond motifs is 1. The van der Waals surface area contributed by atoms with Gasteiger partial charge in [0, 0.05) is 12.6 Å². The molecule has 2 aromatic rings. The molecule has 2 amide bonds. The average Bonchev–Trinajstić information content (AvgIpc) is 3.24. The van der Waals surface area contributed by atoms with Gasteiger partial charge in [0.15, 0.2) is 16.9 Å². The molecule has 1 fully saturated rings. The van der Waals surface area contributed by atoms with Crippen LogP contribution in [0.4, 0.5) is 0 Å². The number of primary amides is 1. The van der Waals surface area contributed by atoms with Crippen molar-refractivity contribution in [1.29, 1.82) is 0 Å². The van der Waals surface area contributed by atoms with Gasteiger partial charge in [-0.25, -0.2) is 0 Å². The number of nitrogens with two attached hydrogens (primary N) is 1. The summed E-state index contributed by atoms with van der Waals surface area (Å²) < 4.78 is 2.51. The minimum Gasteiger partial charge on any atom is -0.492 e. The quantitative estimate of drug-likeness (QED) is 0.662. The van der Waals surface area contributed by atoms with Gasteiger partial charge in [-0.15, -0.1) is 0 Å². The van der Waals surface area contributed by atoms with Crippen LogP contribution < -0.4 is 16.6 Å². The molecule has 4 N–H and O–H groups in total. The van der Waals surface area contributed by atoms with Crippen molar-refractivity contribution in [2.45, 2.75) is 39.3 Å². The summed E-state index contributed by atoms with van der Waals surface area (Å²) in [7, 11) is 0. The number of halogens is 1. The molecule has 0 aliphatic heterocycles. The Balaban J connectivity index is 2.32. The van der Waals surface area contributed by atoms with E-state index in [4.69, 9.17) is 5.73 Å². The van der Waals surface area contributed by atoms with E-state index in [1.807, 2.05) is 13.8 Å². The maximum atomic E-state index is 12.9. The molecule has 25 heavy (non-hydrogen) atoms. The summed E-state index contributed by atoms with van der Waals surface area (Å²) in [4.78, 5) is 36.9. The van der Waals surface area contributed by atoms with E-state index in [0.29, 0.717) is 0 Å². The van der Waals surface area contributed by atoms with Crippen molar-refractivity contribution in [2.75, 3.05) is 0 Å². The van der Waals surface area contributed by atoms with Crippen LogP contribution in [0.2, 0.25) is 0 Å². The minimum atomic E-state index is -0.817. The van der Waals surface area contributed by atoms with Crippen LogP contribution in [-0.2, 0) is 6.54 Å². The Morgan fingerprint density at radius 2 is 2.08 bits per heavy atom. The molecular formula is C15H18BrN5O4. The lowest BCUT2D eigenvalue weighted by molar-refractivity contribution is 0.0943. The zero-order valence-electron chi connectivity index (χ0n) is 13.7. The van der Waals surface area contributed by atoms with E-state index in [-0.39, 0.29) is 34.3 Å². The highest BCUT2D eigenvalue weighted by Gasteiger charge is 2.31. The first-order chi connectivity index (χ1) is 11.7. The first-order valence-electron chi connectivity index (χ1n) is 7.87. The molecule has 2 aromatic heterocycles. The highest BCUT2D eigenvalue weighted by atomic mass is 79.9. The summed E-state index contributed by atoms with van der Waals surface area (Å²) in [6.07, 6.45) is 1.68. The van der Waals surface area contributed by atoms with Gasteiger partial charge in [0.1, 0.15) is 0 Å². The maximum absolute atomic E-state index is 12.9. The number of aromatic hydroxyl groups is 1. The van der Waals surface area contributed by atoms with E-state index in [0.717, 1.165) is 17.4 Å². The van der Waals surface area contributed by atoms with Crippen LogP contribution in [0.1, 0.15) is 47.5 Å². The molecule has 9 nitrogen and oxygen atoms in total. The predicted molar refractivity (Wildman–Crippen MR) is 92.7 cm³/mol. The third-order valence-corrected chi connectivity index (χ3v) is 4.59. The van der Waals surface area contributed by atoms with E-state index in [1.165, 1.54) is 4.57 Å². The largest absolute Gasteiger partial charge is 0.492 e. The standard InChI is InChI=1S/C15H18BrN5O4/c1-6(2)5-20-13-9(16)10(11(17)22)19-21(13)15(25)8(14(20)24)12(23)18-7-3-4-7/h6-7,25H,3-5H2,1-2H3,(H2,17,22)(H,18,23). The fourth-order valence-corrected chi connectivity index (χ4v) is 3.24. The maximum Gasteiger partial charge on any atom is 0.270 e. The van der Waals surface area contributed by atoms with E-state index in [1.54, 1.807) is 0 Å². The number of carbonyl (C=O) groups is 2. The zero-order chi connectivity index (χ0) is 18.5. The second-order valence-electron chi connectivity index (χ2n) is 6.52. The van der Waals surface area contributed by atoms with Crippen molar-refractivity contribution in [3.05, 3.63) is 26.1 Å². The molecule has 1 saturated carbocycles. The van der Waals surface area contributed by atoms with Crippen molar-refractivity contribution in [1.82, 2.24) is 19.5 Å². The highest BCUT2D eigenvalue weighted by molar-refractivity contribution is 9.10. The number of aromatic nitrogens is 3. The summed E-state index contributed by atoms with van der Waals surface area (Å²) in [5, 5.41) is 17.1. The Bertz CT molecular complexity index is 942. The van der Waals surface area contributed by atoms with Crippen LogP contribution in [0.25, 0.3) is 5.65 Å². The molecule has 0 unspecified atom stereocenters. The molecule has 1 aliphatic rings. The summed E-state index contributed by atoms with van der Waals surface area (Å²) in [5.41, 5.74) is 4.30. The summed E-state index contributed by atoms with van der Waals surface area (Å²) in [6, 6.07) is 0.0195. The second-order valence-corrected chi connectivity index (χ2v) is 7.31.